The average molecular weight is 354 g/mol. The standard InChI is InChI=1S/C16H17F3N4O2/c1-11-8-9-20-13(10-11)21-15(14(24)25-2,16(17,18)19)23-22-12-6-4-3-5-7-12/h3-10,22-23H,1-2H3,(H,20,21). The fourth-order valence-corrected chi connectivity index (χ4v) is 2.03. The molecule has 134 valence electrons. The zero-order valence-corrected chi connectivity index (χ0v) is 13.5. The number of nitrogens with one attached hydrogen (secondary N) is 3. The first-order valence-corrected chi connectivity index (χ1v) is 7.23. The maximum Gasteiger partial charge on any atom is 0.438 e. The van der Waals surface area contributed by atoms with Crippen LogP contribution in [-0.2, 0) is 9.53 Å². The lowest BCUT2D eigenvalue weighted by Crippen LogP contribution is -2.69. The Morgan fingerprint density at radius 2 is 1.84 bits per heavy atom. The van der Waals surface area contributed by atoms with Gasteiger partial charge in [0.25, 0.3) is 0 Å². The molecule has 1 unspecified atom stereocenters. The summed E-state index contributed by atoms with van der Waals surface area (Å²) in [5.74, 6) is -1.70. The number of anilines is 2. The first-order valence-electron chi connectivity index (χ1n) is 7.23. The van der Waals surface area contributed by atoms with Crippen LogP contribution >= 0.6 is 0 Å². The quantitative estimate of drug-likeness (QED) is 0.421. The Labute approximate surface area is 142 Å². The summed E-state index contributed by atoms with van der Waals surface area (Å²) in [7, 11) is 0.873. The Hall–Kier alpha value is -2.81. The summed E-state index contributed by atoms with van der Waals surface area (Å²) in [6.45, 7) is 1.69. The first-order chi connectivity index (χ1) is 11.8. The molecule has 0 bridgehead atoms. The topological polar surface area (TPSA) is 75.3 Å². The summed E-state index contributed by atoms with van der Waals surface area (Å²) in [5.41, 5.74) is 2.16. The number of benzene rings is 1. The Kier molecular flexibility index (Phi) is 5.48. The SMILES string of the molecule is COC(=O)C(NNc1ccccc1)(Nc1cc(C)ccn1)C(F)(F)F. The summed E-state index contributed by atoms with van der Waals surface area (Å²) >= 11 is 0. The Balaban J connectivity index is 2.39. The van der Waals surface area contributed by atoms with E-state index in [1.54, 1.807) is 31.2 Å². The number of para-hydroxylation sites is 1. The summed E-state index contributed by atoms with van der Waals surface area (Å²) in [6.07, 6.45) is -3.70. The predicted molar refractivity (Wildman–Crippen MR) is 86.6 cm³/mol. The van der Waals surface area contributed by atoms with E-state index in [1.807, 2.05) is 5.43 Å². The summed E-state index contributed by atoms with van der Waals surface area (Å²) in [4.78, 5) is 15.9. The van der Waals surface area contributed by atoms with Gasteiger partial charge in [-0.2, -0.15) is 18.6 Å². The molecule has 9 heteroatoms. The normalized spacial score (nSPS) is 13.6. The van der Waals surface area contributed by atoms with Gasteiger partial charge < -0.3 is 15.5 Å². The van der Waals surface area contributed by atoms with Gasteiger partial charge in [-0.15, -0.1) is 0 Å². The van der Waals surface area contributed by atoms with E-state index in [0.29, 0.717) is 11.3 Å². The molecule has 25 heavy (non-hydrogen) atoms. The number of rotatable bonds is 6. The largest absolute Gasteiger partial charge is 0.466 e. The zero-order chi connectivity index (χ0) is 18.5. The van der Waals surface area contributed by atoms with Crippen molar-refractivity contribution in [2.24, 2.45) is 0 Å². The molecular weight excluding hydrogens is 337 g/mol. The minimum absolute atomic E-state index is 0.134. The third kappa shape index (κ3) is 4.18. The highest BCUT2D eigenvalue weighted by Crippen LogP contribution is 2.32. The van der Waals surface area contributed by atoms with Gasteiger partial charge in [0.05, 0.1) is 7.11 Å². The first kappa shape index (κ1) is 18.5. The van der Waals surface area contributed by atoms with Crippen molar-refractivity contribution >= 4 is 17.5 Å². The number of carbonyl (C=O) groups is 1. The molecular formula is C16H17F3N4O2. The van der Waals surface area contributed by atoms with Gasteiger partial charge in [0.15, 0.2) is 0 Å². The van der Waals surface area contributed by atoms with Gasteiger partial charge in [-0.1, -0.05) is 18.2 Å². The van der Waals surface area contributed by atoms with Crippen LogP contribution in [0.15, 0.2) is 48.7 Å². The second kappa shape index (κ2) is 7.39. The maximum atomic E-state index is 13.8. The molecule has 2 rings (SSSR count). The van der Waals surface area contributed by atoms with E-state index in [0.717, 1.165) is 7.11 Å². The van der Waals surface area contributed by atoms with Crippen LogP contribution < -0.4 is 16.2 Å². The van der Waals surface area contributed by atoms with Gasteiger partial charge in [0.1, 0.15) is 5.82 Å². The lowest BCUT2D eigenvalue weighted by atomic mass is 10.1. The fraction of sp³-hybridized carbons (Fsp3) is 0.250. The molecule has 6 nitrogen and oxygen atoms in total. The van der Waals surface area contributed by atoms with Gasteiger partial charge in [-0.3, -0.25) is 0 Å². The molecule has 0 saturated heterocycles. The number of methoxy groups -OCH3 is 1. The number of hydrogen-bond donors (Lipinski definition) is 3. The number of ether oxygens (including phenoxy) is 1. The minimum Gasteiger partial charge on any atom is -0.466 e. The molecule has 0 saturated carbocycles. The lowest BCUT2D eigenvalue weighted by Gasteiger charge is -2.35. The number of hydrogen-bond acceptors (Lipinski definition) is 6. The minimum atomic E-state index is -5.03. The van der Waals surface area contributed by atoms with Crippen molar-refractivity contribution < 1.29 is 22.7 Å². The summed E-state index contributed by atoms with van der Waals surface area (Å²) in [6, 6.07) is 11.0. The highest BCUT2D eigenvalue weighted by molar-refractivity contribution is 5.85. The second-order valence-corrected chi connectivity index (χ2v) is 5.20. The number of carbonyl (C=O) groups excluding carboxylic acids is 1. The van der Waals surface area contributed by atoms with Crippen LogP contribution in [0, 0.1) is 6.92 Å². The van der Waals surface area contributed by atoms with Crippen molar-refractivity contribution in [1.82, 2.24) is 10.4 Å². The number of aryl methyl sites for hydroxylation is 1. The van der Waals surface area contributed by atoms with Gasteiger partial charge in [0, 0.05) is 11.9 Å². The van der Waals surface area contributed by atoms with E-state index in [-0.39, 0.29) is 5.82 Å². The van der Waals surface area contributed by atoms with Crippen LogP contribution in [-0.4, -0.2) is 29.9 Å². The molecule has 0 spiro atoms. The van der Waals surface area contributed by atoms with Crippen LogP contribution in [0.1, 0.15) is 5.56 Å². The van der Waals surface area contributed by atoms with Crippen LogP contribution in [0.5, 0.6) is 0 Å². The van der Waals surface area contributed by atoms with Crippen molar-refractivity contribution in [3.63, 3.8) is 0 Å². The highest BCUT2D eigenvalue weighted by atomic mass is 19.4. The molecule has 0 aliphatic heterocycles. The zero-order valence-electron chi connectivity index (χ0n) is 13.5. The Morgan fingerprint density at radius 3 is 2.40 bits per heavy atom. The number of halogens is 3. The molecule has 0 amide bonds. The van der Waals surface area contributed by atoms with Crippen molar-refractivity contribution in [3.8, 4) is 0 Å². The molecule has 0 aliphatic carbocycles. The van der Waals surface area contributed by atoms with E-state index in [1.165, 1.54) is 24.4 Å². The number of aromatic nitrogens is 1. The van der Waals surface area contributed by atoms with E-state index in [2.05, 4.69) is 20.5 Å². The van der Waals surface area contributed by atoms with Crippen molar-refractivity contribution in [2.75, 3.05) is 17.9 Å². The molecule has 1 atom stereocenters. The van der Waals surface area contributed by atoms with Gasteiger partial charge in [-0.05, 0) is 36.8 Å². The maximum absolute atomic E-state index is 13.8. The predicted octanol–water partition coefficient (Wildman–Crippen LogP) is 2.85. The number of esters is 1. The van der Waals surface area contributed by atoms with E-state index < -0.39 is 17.8 Å². The third-order valence-corrected chi connectivity index (χ3v) is 3.32. The average Bonchev–Trinajstić information content (AvgIpc) is 2.57. The molecule has 2 aromatic rings. The van der Waals surface area contributed by atoms with E-state index in [9.17, 15) is 18.0 Å². The number of alkyl halides is 3. The molecule has 1 heterocycles. The van der Waals surface area contributed by atoms with Gasteiger partial charge in [0.2, 0.25) is 0 Å². The molecule has 3 N–H and O–H groups in total. The Bertz CT molecular complexity index is 725. The van der Waals surface area contributed by atoms with Crippen molar-refractivity contribution in [2.45, 2.75) is 18.8 Å². The van der Waals surface area contributed by atoms with Crippen molar-refractivity contribution in [1.29, 1.82) is 0 Å². The van der Waals surface area contributed by atoms with Gasteiger partial charge in [-0.25, -0.2) is 9.78 Å². The number of hydrazine groups is 1. The van der Waals surface area contributed by atoms with E-state index in [4.69, 9.17) is 0 Å². The third-order valence-electron chi connectivity index (χ3n) is 3.32. The second-order valence-electron chi connectivity index (χ2n) is 5.20. The number of pyridine rings is 1. The van der Waals surface area contributed by atoms with Crippen LogP contribution in [0.3, 0.4) is 0 Å². The van der Waals surface area contributed by atoms with Crippen LogP contribution in [0.25, 0.3) is 0 Å². The summed E-state index contributed by atoms with van der Waals surface area (Å²) < 4.78 is 45.8. The van der Waals surface area contributed by atoms with Crippen LogP contribution in [0.4, 0.5) is 24.7 Å². The smallest absolute Gasteiger partial charge is 0.438 e. The molecule has 0 radical (unpaired) electrons. The molecule has 1 aromatic heterocycles. The molecule has 1 aromatic carbocycles. The molecule has 0 aliphatic rings. The van der Waals surface area contributed by atoms with Crippen LogP contribution in [0.2, 0.25) is 0 Å². The molecule has 0 fully saturated rings. The van der Waals surface area contributed by atoms with Gasteiger partial charge >= 0.3 is 17.8 Å². The Morgan fingerprint density at radius 1 is 1.16 bits per heavy atom. The fourth-order valence-electron chi connectivity index (χ4n) is 2.03. The lowest BCUT2D eigenvalue weighted by molar-refractivity contribution is -0.204. The van der Waals surface area contributed by atoms with E-state index >= 15 is 0 Å². The van der Waals surface area contributed by atoms with Crippen molar-refractivity contribution in [3.05, 3.63) is 54.2 Å². The monoisotopic (exact) mass is 354 g/mol. The summed E-state index contributed by atoms with van der Waals surface area (Å²) in [5, 5.41) is 2.11. The number of nitrogens with zero attached hydrogens (tertiary/aromatic N) is 1. The highest BCUT2D eigenvalue weighted by Gasteiger charge is 2.63.